The molecule has 216 valence electrons. The van der Waals surface area contributed by atoms with Gasteiger partial charge in [-0.15, -0.1) is 0 Å². The highest BCUT2D eigenvalue weighted by Crippen LogP contribution is 2.39. The molecule has 0 bridgehead atoms. The van der Waals surface area contributed by atoms with Crippen LogP contribution in [0.2, 0.25) is 0 Å². The molecular formula is C39H30N6. The average Bonchev–Trinajstić information content (AvgIpc) is 3.09. The minimum Gasteiger partial charge on any atom is -0.398 e. The predicted molar refractivity (Wildman–Crippen MR) is 186 cm³/mol. The summed E-state index contributed by atoms with van der Waals surface area (Å²) in [4.78, 5) is 14.9. The first kappa shape index (κ1) is 27.6. The molecule has 0 radical (unpaired) electrons. The number of hydrogen-bond acceptors (Lipinski definition) is 6. The number of benzene rings is 6. The maximum atomic E-state index is 6.84. The molecule has 0 unspecified atom stereocenters. The lowest BCUT2D eigenvalue weighted by Crippen LogP contribution is -2.05. The van der Waals surface area contributed by atoms with Gasteiger partial charge in [0.05, 0.1) is 17.1 Å². The highest BCUT2D eigenvalue weighted by atomic mass is 15.0. The first-order valence-corrected chi connectivity index (χ1v) is 14.7. The molecule has 45 heavy (non-hydrogen) atoms. The number of para-hydroxylation sites is 3. The van der Waals surface area contributed by atoms with Gasteiger partial charge in [0.25, 0.3) is 0 Å². The Morgan fingerprint density at radius 1 is 0.267 bits per heavy atom. The van der Waals surface area contributed by atoms with Gasteiger partial charge in [0, 0.05) is 33.4 Å². The number of rotatable bonds is 6. The van der Waals surface area contributed by atoms with E-state index >= 15 is 0 Å². The first-order valence-electron chi connectivity index (χ1n) is 14.7. The van der Waals surface area contributed by atoms with E-state index in [1.54, 1.807) is 0 Å². The standard InChI is InChI=1S/C39H30N6/c40-34-28(25-13-4-1-5-14-25)19-10-22-31(34)37-43-38(32-23-11-20-29(35(32)41)26-15-6-2-7-16-26)45-39(44-37)33-24-12-21-30(36(33)42)27-17-8-3-9-18-27/h1-24H,40-42H2. The van der Waals surface area contributed by atoms with E-state index in [1.807, 2.05) is 146 Å². The zero-order valence-electron chi connectivity index (χ0n) is 24.4. The summed E-state index contributed by atoms with van der Waals surface area (Å²) in [6, 6.07) is 47.8. The molecule has 0 saturated carbocycles. The van der Waals surface area contributed by atoms with Gasteiger partial charge in [-0.3, -0.25) is 0 Å². The molecule has 0 aliphatic heterocycles. The summed E-state index contributed by atoms with van der Waals surface area (Å²) in [5, 5.41) is 0. The van der Waals surface area contributed by atoms with E-state index in [4.69, 9.17) is 32.2 Å². The van der Waals surface area contributed by atoms with Crippen molar-refractivity contribution in [2.45, 2.75) is 0 Å². The van der Waals surface area contributed by atoms with Crippen molar-refractivity contribution in [3.63, 3.8) is 0 Å². The number of anilines is 3. The molecule has 6 nitrogen and oxygen atoms in total. The fourth-order valence-electron chi connectivity index (χ4n) is 5.63. The third-order valence-electron chi connectivity index (χ3n) is 7.93. The van der Waals surface area contributed by atoms with E-state index in [1.165, 1.54) is 0 Å². The summed E-state index contributed by atoms with van der Waals surface area (Å²) in [6.45, 7) is 0. The molecule has 6 N–H and O–H groups in total. The number of aromatic nitrogens is 3. The summed E-state index contributed by atoms with van der Waals surface area (Å²) in [5.74, 6) is 1.29. The molecule has 1 heterocycles. The Morgan fingerprint density at radius 3 is 0.778 bits per heavy atom. The molecule has 0 aliphatic rings. The Labute approximate surface area is 261 Å². The quantitative estimate of drug-likeness (QED) is 0.169. The van der Waals surface area contributed by atoms with Crippen LogP contribution in [0.15, 0.2) is 146 Å². The Balaban J connectivity index is 1.46. The first-order chi connectivity index (χ1) is 22.1. The molecule has 6 heteroatoms. The van der Waals surface area contributed by atoms with Crippen LogP contribution in [0.25, 0.3) is 67.5 Å². The molecule has 0 aliphatic carbocycles. The van der Waals surface area contributed by atoms with E-state index in [2.05, 4.69) is 0 Å². The zero-order chi connectivity index (χ0) is 30.8. The van der Waals surface area contributed by atoms with Crippen molar-refractivity contribution in [2.75, 3.05) is 17.2 Å². The topological polar surface area (TPSA) is 117 Å². The minimum atomic E-state index is 0.430. The maximum absolute atomic E-state index is 6.84. The molecule has 7 aromatic rings. The van der Waals surface area contributed by atoms with Crippen molar-refractivity contribution in [3.8, 4) is 67.5 Å². The van der Waals surface area contributed by atoms with Crippen molar-refractivity contribution >= 4 is 17.1 Å². The Bertz CT molecular complexity index is 1870. The van der Waals surface area contributed by atoms with E-state index < -0.39 is 0 Å². The van der Waals surface area contributed by atoms with Crippen LogP contribution in [0.3, 0.4) is 0 Å². The van der Waals surface area contributed by atoms with Gasteiger partial charge >= 0.3 is 0 Å². The van der Waals surface area contributed by atoms with Crippen molar-refractivity contribution in [3.05, 3.63) is 146 Å². The average molecular weight is 583 g/mol. The van der Waals surface area contributed by atoms with Crippen molar-refractivity contribution in [2.24, 2.45) is 0 Å². The molecule has 0 atom stereocenters. The van der Waals surface area contributed by atoms with Gasteiger partial charge in [-0.25, -0.2) is 15.0 Å². The van der Waals surface area contributed by atoms with Gasteiger partial charge in [0.15, 0.2) is 17.5 Å². The molecule has 0 amide bonds. The summed E-state index contributed by atoms with van der Waals surface area (Å²) >= 11 is 0. The van der Waals surface area contributed by atoms with Crippen LogP contribution >= 0.6 is 0 Å². The normalized spacial score (nSPS) is 10.9. The monoisotopic (exact) mass is 582 g/mol. The second-order valence-electron chi connectivity index (χ2n) is 10.7. The van der Waals surface area contributed by atoms with Crippen molar-refractivity contribution in [1.29, 1.82) is 0 Å². The highest BCUT2D eigenvalue weighted by Gasteiger charge is 2.20. The van der Waals surface area contributed by atoms with Gasteiger partial charge in [-0.2, -0.15) is 0 Å². The number of nitrogens with two attached hydrogens (primary N) is 3. The molecule has 1 aromatic heterocycles. The molecule has 0 spiro atoms. The Kier molecular flexibility index (Phi) is 7.21. The van der Waals surface area contributed by atoms with Gasteiger partial charge in [-0.05, 0) is 34.9 Å². The van der Waals surface area contributed by atoms with Crippen LogP contribution in [0.4, 0.5) is 17.1 Å². The lowest BCUT2D eigenvalue weighted by Gasteiger charge is -2.16. The lowest BCUT2D eigenvalue weighted by molar-refractivity contribution is 1.08. The summed E-state index contributed by atoms with van der Waals surface area (Å²) < 4.78 is 0. The number of hydrogen-bond donors (Lipinski definition) is 3. The van der Waals surface area contributed by atoms with Crippen LogP contribution in [0, 0.1) is 0 Å². The fourth-order valence-corrected chi connectivity index (χ4v) is 5.63. The van der Waals surface area contributed by atoms with Crippen LogP contribution < -0.4 is 17.2 Å². The molecular weight excluding hydrogens is 552 g/mol. The second-order valence-corrected chi connectivity index (χ2v) is 10.7. The van der Waals surface area contributed by atoms with Crippen LogP contribution in [-0.2, 0) is 0 Å². The number of nitrogens with zero attached hydrogens (tertiary/aromatic N) is 3. The van der Waals surface area contributed by atoms with Crippen LogP contribution in [0.1, 0.15) is 0 Å². The highest BCUT2D eigenvalue weighted by molar-refractivity contribution is 5.91. The van der Waals surface area contributed by atoms with E-state index in [0.717, 1.165) is 33.4 Å². The van der Waals surface area contributed by atoms with Crippen molar-refractivity contribution in [1.82, 2.24) is 15.0 Å². The third kappa shape index (κ3) is 5.26. The van der Waals surface area contributed by atoms with E-state index in [-0.39, 0.29) is 0 Å². The van der Waals surface area contributed by atoms with Gasteiger partial charge < -0.3 is 17.2 Å². The minimum absolute atomic E-state index is 0.430. The third-order valence-corrected chi connectivity index (χ3v) is 7.93. The van der Waals surface area contributed by atoms with Gasteiger partial charge in [0.2, 0.25) is 0 Å². The summed E-state index contributed by atoms with van der Waals surface area (Å²) in [6.07, 6.45) is 0. The molecule has 0 fully saturated rings. The fraction of sp³-hybridized carbons (Fsp3) is 0. The molecule has 7 rings (SSSR count). The van der Waals surface area contributed by atoms with E-state index in [9.17, 15) is 0 Å². The smallest absolute Gasteiger partial charge is 0.166 e. The maximum Gasteiger partial charge on any atom is 0.166 e. The van der Waals surface area contributed by atoms with Crippen LogP contribution in [0.5, 0.6) is 0 Å². The zero-order valence-corrected chi connectivity index (χ0v) is 24.4. The van der Waals surface area contributed by atoms with Gasteiger partial charge in [-0.1, -0.05) is 127 Å². The number of nitrogen functional groups attached to an aromatic ring is 3. The van der Waals surface area contributed by atoms with E-state index in [0.29, 0.717) is 51.2 Å². The Hall–Kier alpha value is -6.27. The SMILES string of the molecule is Nc1c(-c2ccccc2)cccc1-c1nc(-c2cccc(-c3ccccc3)c2N)nc(-c2cccc(-c3ccccc3)c2N)n1. The summed E-state index contributed by atoms with van der Waals surface area (Å²) in [7, 11) is 0. The largest absolute Gasteiger partial charge is 0.398 e. The van der Waals surface area contributed by atoms with Crippen molar-refractivity contribution < 1.29 is 0 Å². The Morgan fingerprint density at radius 2 is 0.511 bits per heavy atom. The van der Waals surface area contributed by atoms with Gasteiger partial charge in [0.1, 0.15) is 0 Å². The predicted octanol–water partition coefficient (Wildman–Crippen LogP) is 8.62. The molecule has 0 saturated heterocycles. The second kappa shape index (κ2) is 11.8. The molecule has 6 aromatic carbocycles. The van der Waals surface area contributed by atoms with Crippen LogP contribution in [-0.4, -0.2) is 15.0 Å². The lowest BCUT2D eigenvalue weighted by atomic mass is 9.98. The summed E-state index contributed by atoms with van der Waals surface area (Å²) in [5.41, 5.74) is 30.0.